The van der Waals surface area contributed by atoms with Gasteiger partial charge >= 0.3 is 6.03 Å². The van der Waals surface area contributed by atoms with E-state index in [4.69, 9.17) is 0 Å². The molecule has 0 aliphatic carbocycles. The molecule has 2 aromatic rings. The van der Waals surface area contributed by atoms with E-state index in [9.17, 15) is 4.79 Å². The third-order valence-electron chi connectivity index (χ3n) is 4.01. The highest BCUT2D eigenvalue weighted by molar-refractivity contribution is 9.10. The third kappa shape index (κ3) is 4.05. The van der Waals surface area contributed by atoms with E-state index in [2.05, 4.69) is 62.7 Å². The van der Waals surface area contributed by atoms with Crippen molar-refractivity contribution in [3.63, 3.8) is 0 Å². The standard InChI is InChI=1S/C18H20BrN3O/c1-13-5-4-6-15(11-13)22-10-9-14(12-22)20-18(23)21-17-8-3-2-7-16(17)19/h2-8,11,14H,9-10,12H2,1H3,(H2,20,21,23)/t14-/m0/s1. The lowest BCUT2D eigenvalue weighted by molar-refractivity contribution is 0.249. The molecule has 0 bridgehead atoms. The summed E-state index contributed by atoms with van der Waals surface area (Å²) in [6, 6.07) is 16.1. The summed E-state index contributed by atoms with van der Waals surface area (Å²) in [7, 11) is 0. The number of hydrogen-bond acceptors (Lipinski definition) is 2. The van der Waals surface area contributed by atoms with Crippen LogP contribution in [0.2, 0.25) is 0 Å². The fourth-order valence-electron chi connectivity index (χ4n) is 2.84. The van der Waals surface area contributed by atoms with Gasteiger partial charge in [0.2, 0.25) is 0 Å². The van der Waals surface area contributed by atoms with Gasteiger partial charge in [-0.25, -0.2) is 4.79 Å². The number of para-hydroxylation sites is 1. The van der Waals surface area contributed by atoms with Crippen molar-refractivity contribution in [3.8, 4) is 0 Å². The van der Waals surface area contributed by atoms with Gasteiger partial charge < -0.3 is 15.5 Å². The molecule has 5 heteroatoms. The van der Waals surface area contributed by atoms with Crippen molar-refractivity contribution in [1.29, 1.82) is 0 Å². The highest BCUT2D eigenvalue weighted by Crippen LogP contribution is 2.23. The van der Waals surface area contributed by atoms with Crippen LogP contribution in [0, 0.1) is 6.92 Å². The molecule has 0 radical (unpaired) electrons. The van der Waals surface area contributed by atoms with Crippen LogP contribution in [0.4, 0.5) is 16.2 Å². The van der Waals surface area contributed by atoms with Gasteiger partial charge in [-0.2, -0.15) is 0 Å². The SMILES string of the molecule is Cc1cccc(N2CC[C@H](NC(=O)Nc3ccccc3Br)C2)c1. The molecule has 120 valence electrons. The first-order valence-electron chi connectivity index (χ1n) is 7.75. The number of hydrogen-bond donors (Lipinski definition) is 2. The predicted molar refractivity (Wildman–Crippen MR) is 98.1 cm³/mol. The number of urea groups is 1. The number of nitrogens with zero attached hydrogens (tertiary/aromatic N) is 1. The molecule has 1 fully saturated rings. The maximum absolute atomic E-state index is 12.2. The van der Waals surface area contributed by atoms with Gasteiger partial charge in [-0.1, -0.05) is 24.3 Å². The maximum atomic E-state index is 12.2. The normalized spacial score (nSPS) is 17.1. The van der Waals surface area contributed by atoms with E-state index < -0.39 is 0 Å². The van der Waals surface area contributed by atoms with Crippen LogP contribution in [0.5, 0.6) is 0 Å². The summed E-state index contributed by atoms with van der Waals surface area (Å²) in [6.07, 6.45) is 0.956. The molecule has 1 aliphatic heterocycles. The van der Waals surface area contributed by atoms with Crippen molar-refractivity contribution < 1.29 is 4.79 Å². The fraction of sp³-hybridized carbons (Fsp3) is 0.278. The van der Waals surface area contributed by atoms with Gasteiger partial charge in [0.05, 0.1) is 5.69 Å². The molecule has 2 amide bonds. The van der Waals surface area contributed by atoms with Gasteiger partial charge in [0.15, 0.2) is 0 Å². The molecule has 1 saturated heterocycles. The first-order valence-corrected chi connectivity index (χ1v) is 8.55. The lowest BCUT2D eigenvalue weighted by Gasteiger charge is -2.19. The maximum Gasteiger partial charge on any atom is 0.319 e. The lowest BCUT2D eigenvalue weighted by Crippen LogP contribution is -2.39. The minimum atomic E-state index is -0.159. The summed E-state index contributed by atoms with van der Waals surface area (Å²) in [6.45, 7) is 3.90. The average Bonchev–Trinajstić information content (AvgIpc) is 2.98. The second-order valence-corrected chi connectivity index (χ2v) is 6.70. The van der Waals surface area contributed by atoms with Crippen molar-refractivity contribution >= 4 is 33.3 Å². The predicted octanol–water partition coefficient (Wildman–Crippen LogP) is 4.16. The Morgan fingerprint density at radius 2 is 2.04 bits per heavy atom. The Bertz CT molecular complexity index is 704. The first-order chi connectivity index (χ1) is 11.1. The van der Waals surface area contributed by atoms with Crippen LogP contribution < -0.4 is 15.5 Å². The van der Waals surface area contributed by atoms with E-state index in [0.717, 1.165) is 29.7 Å². The van der Waals surface area contributed by atoms with Crippen LogP contribution in [0.3, 0.4) is 0 Å². The lowest BCUT2D eigenvalue weighted by atomic mass is 10.2. The summed E-state index contributed by atoms with van der Waals surface area (Å²) >= 11 is 3.43. The second-order valence-electron chi connectivity index (χ2n) is 5.85. The van der Waals surface area contributed by atoms with Gasteiger partial charge in [-0.3, -0.25) is 0 Å². The van der Waals surface area contributed by atoms with Gasteiger partial charge in [-0.05, 0) is 59.1 Å². The van der Waals surface area contributed by atoms with Crippen LogP contribution in [-0.4, -0.2) is 25.2 Å². The average molecular weight is 374 g/mol. The molecule has 1 heterocycles. The smallest absolute Gasteiger partial charge is 0.319 e. The Kier molecular flexibility index (Phi) is 4.86. The van der Waals surface area contributed by atoms with Crippen molar-refractivity contribution in [1.82, 2.24) is 5.32 Å². The van der Waals surface area contributed by atoms with Gasteiger partial charge in [0.25, 0.3) is 0 Å². The summed E-state index contributed by atoms with van der Waals surface area (Å²) in [4.78, 5) is 14.5. The quantitative estimate of drug-likeness (QED) is 0.848. The number of aryl methyl sites for hydroxylation is 1. The largest absolute Gasteiger partial charge is 0.369 e. The molecular formula is C18H20BrN3O. The van der Waals surface area contributed by atoms with E-state index in [0.29, 0.717) is 0 Å². The number of halogens is 1. The van der Waals surface area contributed by atoms with E-state index in [1.807, 2.05) is 24.3 Å². The van der Waals surface area contributed by atoms with Crippen molar-refractivity contribution in [2.24, 2.45) is 0 Å². The first kappa shape index (κ1) is 15.9. The van der Waals surface area contributed by atoms with E-state index in [-0.39, 0.29) is 12.1 Å². The molecule has 2 aromatic carbocycles. The highest BCUT2D eigenvalue weighted by atomic mass is 79.9. The van der Waals surface area contributed by atoms with Gasteiger partial charge in [-0.15, -0.1) is 0 Å². The molecular weight excluding hydrogens is 354 g/mol. The zero-order valence-electron chi connectivity index (χ0n) is 13.1. The molecule has 1 atom stereocenters. The van der Waals surface area contributed by atoms with Crippen LogP contribution in [0.1, 0.15) is 12.0 Å². The van der Waals surface area contributed by atoms with Crippen LogP contribution in [0.25, 0.3) is 0 Å². The van der Waals surface area contributed by atoms with Gasteiger partial charge in [0.1, 0.15) is 0 Å². The van der Waals surface area contributed by atoms with Crippen LogP contribution >= 0.6 is 15.9 Å². The number of anilines is 2. The minimum absolute atomic E-state index is 0.159. The van der Waals surface area contributed by atoms with Crippen LogP contribution in [-0.2, 0) is 0 Å². The molecule has 2 N–H and O–H groups in total. The van der Waals surface area contributed by atoms with E-state index in [1.54, 1.807) is 0 Å². The third-order valence-corrected chi connectivity index (χ3v) is 4.70. The number of carbonyl (C=O) groups excluding carboxylic acids is 1. The molecule has 0 saturated carbocycles. The summed E-state index contributed by atoms with van der Waals surface area (Å²) < 4.78 is 0.878. The Morgan fingerprint density at radius 3 is 2.83 bits per heavy atom. The summed E-state index contributed by atoms with van der Waals surface area (Å²) in [5.41, 5.74) is 3.25. The Labute approximate surface area is 145 Å². The van der Waals surface area contributed by atoms with Crippen LogP contribution in [0.15, 0.2) is 53.0 Å². The number of amides is 2. The number of carbonyl (C=O) groups is 1. The van der Waals surface area contributed by atoms with Crippen molar-refractivity contribution in [2.75, 3.05) is 23.3 Å². The Balaban J connectivity index is 1.55. The number of rotatable bonds is 3. The molecule has 4 nitrogen and oxygen atoms in total. The highest BCUT2D eigenvalue weighted by Gasteiger charge is 2.24. The van der Waals surface area contributed by atoms with E-state index >= 15 is 0 Å². The van der Waals surface area contributed by atoms with Gasteiger partial charge in [0, 0.05) is 29.3 Å². The minimum Gasteiger partial charge on any atom is -0.369 e. The summed E-state index contributed by atoms with van der Waals surface area (Å²) in [5, 5.41) is 5.94. The molecule has 0 aromatic heterocycles. The number of nitrogens with one attached hydrogen (secondary N) is 2. The van der Waals surface area contributed by atoms with Crippen molar-refractivity contribution in [2.45, 2.75) is 19.4 Å². The topological polar surface area (TPSA) is 44.4 Å². The summed E-state index contributed by atoms with van der Waals surface area (Å²) in [5.74, 6) is 0. The molecule has 1 aliphatic rings. The van der Waals surface area contributed by atoms with E-state index in [1.165, 1.54) is 11.3 Å². The monoisotopic (exact) mass is 373 g/mol. The van der Waals surface area contributed by atoms with Crippen molar-refractivity contribution in [3.05, 3.63) is 58.6 Å². The molecule has 0 unspecified atom stereocenters. The zero-order valence-corrected chi connectivity index (χ0v) is 14.6. The Morgan fingerprint density at radius 1 is 1.22 bits per heavy atom. The zero-order chi connectivity index (χ0) is 16.2. The molecule has 3 rings (SSSR count). The Hall–Kier alpha value is -2.01. The molecule has 23 heavy (non-hydrogen) atoms. The fourth-order valence-corrected chi connectivity index (χ4v) is 3.23. The second kappa shape index (κ2) is 7.04. The molecule has 0 spiro atoms. The number of benzene rings is 2.